The summed E-state index contributed by atoms with van der Waals surface area (Å²) in [5, 5.41) is 0. The van der Waals surface area contributed by atoms with Crippen LogP contribution in [0.2, 0.25) is 0 Å². The van der Waals surface area contributed by atoms with Crippen molar-refractivity contribution >= 4 is 15.7 Å². The smallest absolute Gasteiger partial charge is 0.243 e. The summed E-state index contributed by atoms with van der Waals surface area (Å²) in [4.78, 5) is 4.88. The summed E-state index contributed by atoms with van der Waals surface area (Å²) in [5.41, 5.74) is 2.12. The molecule has 1 atom stereocenters. The van der Waals surface area contributed by atoms with Crippen LogP contribution in [0.4, 0.5) is 5.69 Å². The molecule has 2 aliphatic rings. The van der Waals surface area contributed by atoms with Gasteiger partial charge in [0, 0.05) is 32.7 Å². The molecule has 8 heteroatoms. The highest BCUT2D eigenvalue weighted by molar-refractivity contribution is 7.89. The van der Waals surface area contributed by atoms with Gasteiger partial charge in [0.25, 0.3) is 0 Å². The minimum atomic E-state index is -3.49. The molecule has 0 aliphatic carbocycles. The van der Waals surface area contributed by atoms with Crippen molar-refractivity contribution in [3.05, 3.63) is 54.1 Å². The summed E-state index contributed by atoms with van der Waals surface area (Å²) >= 11 is 0. The largest absolute Gasteiger partial charge is 0.485 e. The molecule has 0 N–H and O–H groups in total. The van der Waals surface area contributed by atoms with Gasteiger partial charge in [-0.25, -0.2) is 8.42 Å². The third-order valence-electron chi connectivity index (χ3n) is 5.78. The van der Waals surface area contributed by atoms with Gasteiger partial charge in [-0.15, -0.1) is 0 Å². The number of morpholine rings is 1. The Hall–Kier alpha value is -2.13. The number of hydrogen-bond donors (Lipinski definition) is 0. The highest BCUT2D eigenvalue weighted by Crippen LogP contribution is 2.33. The summed E-state index contributed by atoms with van der Waals surface area (Å²) in [5.74, 6) is 0.924. The maximum absolute atomic E-state index is 13.0. The highest BCUT2D eigenvalue weighted by atomic mass is 32.2. The Morgan fingerprint density at radius 3 is 2.65 bits per heavy atom. The molecule has 31 heavy (non-hydrogen) atoms. The number of anilines is 1. The topological polar surface area (TPSA) is 62.3 Å². The second-order valence-corrected chi connectivity index (χ2v) is 10.0. The molecule has 2 aromatic carbocycles. The number of para-hydroxylation sites is 2. The molecular weight excluding hydrogens is 414 g/mol. The van der Waals surface area contributed by atoms with E-state index >= 15 is 0 Å². The lowest BCUT2D eigenvalue weighted by atomic mass is 10.1. The number of hydrogen-bond acceptors (Lipinski definition) is 6. The molecule has 2 heterocycles. The molecule has 4 rings (SSSR count). The summed E-state index contributed by atoms with van der Waals surface area (Å²) in [6, 6.07) is 15.4. The van der Waals surface area contributed by atoms with Crippen LogP contribution < -0.4 is 9.64 Å². The maximum atomic E-state index is 13.0. The number of fused-ring (bicyclic) bond motifs is 1. The number of benzene rings is 2. The van der Waals surface area contributed by atoms with Crippen LogP contribution in [0.15, 0.2) is 53.4 Å². The fraction of sp³-hybridized carbons (Fsp3) is 0.478. The fourth-order valence-corrected chi connectivity index (χ4v) is 5.72. The molecule has 2 aromatic rings. The Kier molecular flexibility index (Phi) is 6.81. The number of nitrogens with zero attached hydrogens (tertiary/aromatic N) is 3. The predicted octanol–water partition coefficient (Wildman–Crippen LogP) is 2.43. The Morgan fingerprint density at radius 2 is 1.87 bits per heavy atom. The van der Waals surface area contributed by atoms with Gasteiger partial charge in [0.05, 0.1) is 30.3 Å². The lowest BCUT2D eigenvalue weighted by Gasteiger charge is -2.37. The zero-order chi connectivity index (χ0) is 21.8. The maximum Gasteiger partial charge on any atom is 0.243 e. The Balaban J connectivity index is 1.41. The molecule has 2 aliphatic heterocycles. The number of rotatable bonds is 7. The molecule has 0 amide bonds. The number of likely N-dealkylation sites (N-methyl/N-ethyl adjacent to an activating group) is 2. The Morgan fingerprint density at radius 1 is 1.10 bits per heavy atom. The van der Waals surface area contributed by atoms with E-state index in [0.717, 1.165) is 36.6 Å². The van der Waals surface area contributed by atoms with Gasteiger partial charge in [-0.3, -0.25) is 4.90 Å². The van der Waals surface area contributed by atoms with E-state index in [2.05, 4.69) is 22.8 Å². The van der Waals surface area contributed by atoms with Gasteiger partial charge in [0.1, 0.15) is 11.9 Å². The van der Waals surface area contributed by atoms with Crippen molar-refractivity contribution in [1.29, 1.82) is 0 Å². The van der Waals surface area contributed by atoms with Crippen LogP contribution in [0, 0.1) is 0 Å². The monoisotopic (exact) mass is 445 g/mol. The normalized spacial score (nSPS) is 19.8. The van der Waals surface area contributed by atoms with E-state index in [1.807, 2.05) is 37.4 Å². The molecule has 0 saturated carbocycles. The van der Waals surface area contributed by atoms with E-state index in [4.69, 9.17) is 9.47 Å². The SMILES string of the molecule is CCN1C[C@H](CN(C)Cc2cccc(S(=O)(=O)N3CCOCC3)c2)Oc2ccccc21. The van der Waals surface area contributed by atoms with Crippen molar-refractivity contribution in [1.82, 2.24) is 9.21 Å². The van der Waals surface area contributed by atoms with Gasteiger partial charge in [-0.1, -0.05) is 24.3 Å². The average Bonchev–Trinajstić information content (AvgIpc) is 2.79. The van der Waals surface area contributed by atoms with Gasteiger partial charge in [-0.2, -0.15) is 4.31 Å². The van der Waals surface area contributed by atoms with E-state index in [0.29, 0.717) is 37.7 Å². The molecule has 7 nitrogen and oxygen atoms in total. The second kappa shape index (κ2) is 9.56. The quantitative estimate of drug-likeness (QED) is 0.652. The Bertz CT molecular complexity index is 992. The van der Waals surface area contributed by atoms with E-state index in [1.165, 1.54) is 4.31 Å². The van der Waals surface area contributed by atoms with Crippen LogP contribution in [-0.2, 0) is 21.3 Å². The summed E-state index contributed by atoms with van der Waals surface area (Å²) in [6.07, 6.45) is 0.0557. The van der Waals surface area contributed by atoms with E-state index in [1.54, 1.807) is 12.1 Å². The van der Waals surface area contributed by atoms with Gasteiger partial charge < -0.3 is 14.4 Å². The molecule has 0 bridgehead atoms. The summed E-state index contributed by atoms with van der Waals surface area (Å²) in [7, 11) is -1.44. The zero-order valence-corrected chi connectivity index (χ0v) is 19.1. The molecule has 0 unspecified atom stereocenters. The van der Waals surface area contributed by atoms with Crippen LogP contribution >= 0.6 is 0 Å². The number of ether oxygens (including phenoxy) is 2. The standard InChI is InChI=1S/C23H31N3O4S/c1-3-25-18-20(30-23-10-5-4-9-22(23)25)17-24(2)16-19-7-6-8-21(15-19)31(27,28)26-11-13-29-14-12-26/h4-10,15,20H,3,11-14,16-18H2,1-2H3/t20-/m0/s1. The van der Waals surface area contributed by atoms with Crippen LogP contribution in [0.5, 0.6) is 5.75 Å². The van der Waals surface area contributed by atoms with Crippen LogP contribution in [0.25, 0.3) is 0 Å². The van der Waals surface area contributed by atoms with E-state index < -0.39 is 10.0 Å². The van der Waals surface area contributed by atoms with Crippen molar-refractivity contribution in [2.75, 3.05) is 57.9 Å². The van der Waals surface area contributed by atoms with E-state index in [-0.39, 0.29) is 6.10 Å². The highest BCUT2D eigenvalue weighted by Gasteiger charge is 2.27. The summed E-state index contributed by atoms with van der Waals surface area (Å²) in [6.45, 7) is 7.03. The van der Waals surface area contributed by atoms with Gasteiger partial charge in [0.2, 0.25) is 10.0 Å². The first-order valence-corrected chi connectivity index (χ1v) is 12.3. The average molecular weight is 446 g/mol. The van der Waals surface area contributed by atoms with Crippen molar-refractivity contribution in [3.63, 3.8) is 0 Å². The van der Waals surface area contributed by atoms with Crippen molar-refractivity contribution in [2.24, 2.45) is 0 Å². The third kappa shape index (κ3) is 5.03. The molecule has 1 saturated heterocycles. The van der Waals surface area contributed by atoms with Gasteiger partial charge >= 0.3 is 0 Å². The molecule has 0 spiro atoms. The third-order valence-corrected chi connectivity index (χ3v) is 7.67. The van der Waals surface area contributed by atoms with Crippen LogP contribution in [0.3, 0.4) is 0 Å². The van der Waals surface area contributed by atoms with Gasteiger partial charge in [0.15, 0.2) is 0 Å². The first-order valence-electron chi connectivity index (χ1n) is 10.8. The van der Waals surface area contributed by atoms with Crippen LogP contribution in [-0.4, -0.2) is 76.7 Å². The zero-order valence-electron chi connectivity index (χ0n) is 18.2. The molecule has 168 valence electrons. The second-order valence-electron chi connectivity index (χ2n) is 8.11. The first kappa shape index (κ1) is 22.1. The van der Waals surface area contributed by atoms with Crippen LogP contribution in [0.1, 0.15) is 12.5 Å². The van der Waals surface area contributed by atoms with Crippen molar-refractivity contribution in [2.45, 2.75) is 24.5 Å². The predicted molar refractivity (Wildman–Crippen MR) is 121 cm³/mol. The molecule has 0 aromatic heterocycles. The Labute approximate surface area is 185 Å². The lowest BCUT2D eigenvalue weighted by molar-refractivity contribution is 0.0730. The molecule has 1 fully saturated rings. The van der Waals surface area contributed by atoms with Gasteiger partial charge in [-0.05, 0) is 43.8 Å². The first-order chi connectivity index (χ1) is 15.0. The minimum Gasteiger partial charge on any atom is -0.485 e. The molecule has 0 radical (unpaired) electrons. The lowest BCUT2D eigenvalue weighted by Crippen LogP contribution is -2.45. The fourth-order valence-electron chi connectivity index (χ4n) is 4.24. The molecular formula is C23H31N3O4S. The van der Waals surface area contributed by atoms with E-state index in [9.17, 15) is 8.42 Å². The van der Waals surface area contributed by atoms with Crippen molar-refractivity contribution in [3.8, 4) is 5.75 Å². The van der Waals surface area contributed by atoms with Crippen molar-refractivity contribution < 1.29 is 17.9 Å². The number of sulfonamides is 1. The summed E-state index contributed by atoms with van der Waals surface area (Å²) < 4.78 is 38.9. The minimum absolute atomic E-state index is 0.0557.